The third kappa shape index (κ3) is 3.64. The van der Waals surface area contributed by atoms with Gasteiger partial charge in [-0.25, -0.2) is 0 Å². The molecule has 14 heavy (non-hydrogen) atoms. The van der Waals surface area contributed by atoms with Crippen LogP contribution in [0.3, 0.4) is 0 Å². The van der Waals surface area contributed by atoms with Gasteiger partial charge in [-0.15, -0.1) is 11.3 Å². The van der Waals surface area contributed by atoms with E-state index in [1.54, 1.807) is 11.3 Å². The van der Waals surface area contributed by atoms with Crippen LogP contribution in [0.15, 0.2) is 10.8 Å². The van der Waals surface area contributed by atoms with E-state index in [0.29, 0.717) is 0 Å². The van der Waals surface area contributed by atoms with Gasteiger partial charge in [0.25, 0.3) is 0 Å². The second kappa shape index (κ2) is 5.98. The van der Waals surface area contributed by atoms with Crippen LogP contribution in [-0.2, 0) is 0 Å². The molecule has 1 aromatic rings. The van der Waals surface area contributed by atoms with E-state index in [2.05, 4.69) is 35.2 Å². The molecule has 0 spiro atoms. The number of hydrogen-bond donors (Lipinski definition) is 2. The van der Waals surface area contributed by atoms with Crippen molar-refractivity contribution in [1.29, 1.82) is 0 Å². The second-order valence-electron chi connectivity index (χ2n) is 3.20. The van der Waals surface area contributed by atoms with Gasteiger partial charge in [0.1, 0.15) is 0 Å². The summed E-state index contributed by atoms with van der Waals surface area (Å²) in [6.45, 7) is 5.19. The molecule has 0 aliphatic heterocycles. The largest absolute Gasteiger partial charge is 0.362 e. The molecule has 2 N–H and O–H groups in total. The first-order valence-corrected chi connectivity index (χ1v) is 6.16. The van der Waals surface area contributed by atoms with Gasteiger partial charge in [0.05, 0.1) is 5.69 Å². The first-order valence-electron chi connectivity index (χ1n) is 4.81. The summed E-state index contributed by atoms with van der Waals surface area (Å²) in [5, 5.41) is 11.3. The number of thiophene rings is 1. The summed E-state index contributed by atoms with van der Waals surface area (Å²) in [6.07, 6.45) is 2.34. The Balaban J connectivity index is 2.31. The molecular formula is C10H16N2S2. The fraction of sp³-hybridized carbons (Fsp3) is 0.500. The molecule has 0 bridgehead atoms. The summed E-state index contributed by atoms with van der Waals surface area (Å²) in [6, 6.07) is 0. The fourth-order valence-corrected chi connectivity index (χ4v) is 2.03. The third-order valence-electron chi connectivity index (χ3n) is 1.92. The van der Waals surface area contributed by atoms with Crippen molar-refractivity contribution in [2.24, 2.45) is 0 Å². The zero-order valence-electron chi connectivity index (χ0n) is 8.59. The van der Waals surface area contributed by atoms with E-state index in [-0.39, 0.29) is 0 Å². The van der Waals surface area contributed by atoms with E-state index in [1.807, 2.05) is 0 Å². The number of thiocarbonyl (C=S) groups is 1. The molecule has 2 nitrogen and oxygen atoms in total. The summed E-state index contributed by atoms with van der Waals surface area (Å²) >= 11 is 6.84. The van der Waals surface area contributed by atoms with Crippen molar-refractivity contribution in [1.82, 2.24) is 5.32 Å². The molecule has 0 radical (unpaired) electrons. The fourth-order valence-electron chi connectivity index (χ4n) is 1.03. The van der Waals surface area contributed by atoms with Gasteiger partial charge in [-0.2, -0.15) is 0 Å². The lowest BCUT2D eigenvalue weighted by Gasteiger charge is -2.09. The van der Waals surface area contributed by atoms with Gasteiger partial charge in [0, 0.05) is 11.9 Å². The van der Waals surface area contributed by atoms with Crippen molar-refractivity contribution in [3.05, 3.63) is 16.3 Å². The molecular weight excluding hydrogens is 212 g/mol. The standard InChI is InChI=1S/C10H16N2S2/c1-3-4-5-11-10(13)12-9-7-14-6-8(9)2/h6-7H,3-5H2,1-2H3,(H2,11,12,13). The molecule has 0 saturated carbocycles. The normalized spacial score (nSPS) is 9.86. The van der Waals surface area contributed by atoms with Crippen molar-refractivity contribution >= 4 is 34.4 Å². The van der Waals surface area contributed by atoms with Crippen molar-refractivity contribution in [2.45, 2.75) is 26.7 Å². The van der Waals surface area contributed by atoms with Gasteiger partial charge < -0.3 is 10.6 Å². The average Bonchev–Trinajstić information content (AvgIpc) is 2.52. The maximum atomic E-state index is 5.16. The van der Waals surface area contributed by atoms with Gasteiger partial charge in [-0.1, -0.05) is 13.3 Å². The highest BCUT2D eigenvalue weighted by atomic mass is 32.1. The quantitative estimate of drug-likeness (QED) is 0.611. The lowest BCUT2D eigenvalue weighted by Crippen LogP contribution is -2.29. The monoisotopic (exact) mass is 228 g/mol. The smallest absolute Gasteiger partial charge is 0.170 e. The van der Waals surface area contributed by atoms with Crippen molar-refractivity contribution < 1.29 is 0 Å². The number of nitrogens with one attached hydrogen (secondary N) is 2. The zero-order valence-corrected chi connectivity index (χ0v) is 10.2. The Morgan fingerprint density at radius 2 is 2.29 bits per heavy atom. The highest BCUT2D eigenvalue weighted by molar-refractivity contribution is 7.80. The number of aryl methyl sites for hydroxylation is 1. The SMILES string of the molecule is CCCCNC(=S)Nc1cscc1C. The van der Waals surface area contributed by atoms with Crippen molar-refractivity contribution in [3.63, 3.8) is 0 Å². The molecule has 0 saturated heterocycles. The summed E-state index contributed by atoms with van der Waals surface area (Å²) in [5.41, 5.74) is 2.36. The lowest BCUT2D eigenvalue weighted by molar-refractivity contribution is 0.758. The van der Waals surface area contributed by atoms with Gasteiger partial charge in [0.15, 0.2) is 5.11 Å². The van der Waals surface area contributed by atoms with E-state index in [0.717, 1.165) is 23.8 Å². The zero-order chi connectivity index (χ0) is 10.4. The molecule has 1 heterocycles. The van der Waals surface area contributed by atoms with E-state index < -0.39 is 0 Å². The van der Waals surface area contributed by atoms with Crippen LogP contribution >= 0.6 is 23.6 Å². The molecule has 0 atom stereocenters. The molecule has 0 fully saturated rings. The van der Waals surface area contributed by atoms with Crippen LogP contribution in [0.1, 0.15) is 25.3 Å². The Bertz CT molecular complexity index is 294. The van der Waals surface area contributed by atoms with E-state index in [9.17, 15) is 0 Å². The van der Waals surface area contributed by atoms with E-state index in [1.165, 1.54) is 12.0 Å². The predicted octanol–water partition coefficient (Wildman–Crippen LogP) is 3.14. The van der Waals surface area contributed by atoms with Crippen LogP contribution in [0, 0.1) is 6.92 Å². The van der Waals surface area contributed by atoms with Crippen LogP contribution in [0.25, 0.3) is 0 Å². The Morgan fingerprint density at radius 3 is 2.86 bits per heavy atom. The summed E-state index contributed by atoms with van der Waals surface area (Å²) in [7, 11) is 0. The van der Waals surface area contributed by atoms with Crippen molar-refractivity contribution in [3.8, 4) is 0 Å². The minimum Gasteiger partial charge on any atom is -0.362 e. The summed E-state index contributed by atoms with van der Waals surface area (Å²) in [4.78, 5) is 0. The molecule has 1 aromatic heterocycles. The second-order valence-corrected chi connectivity index (χ2v) is 4.35. The first kappa shape index (κ1) is 11.5. The number of anilines is 1. The van der Waals surface area contributed by atoms with Crippen LogP contribution in [-0.4, -0.2) is 11.7 Å². The van der Waals surface area contributed by atoms with Gasteiger partial charge in [0.2, 0.25) is 0 Å². The number of unbranched alkanes of at least 4 members (excludes halogenated alkanes) is 1. The van der Waals surface area contributed by atoms with Gasteiger partial charge in [-0.3, -0.25) is 0 Å². The summed E-state index contributed by atoms with van der Waals surface area (Å²) in [5.74, 6) is 0. The Labute approximate surface area is 94.7 Å². The van der Waals surface area contributed by atoms with Crippen LogP contribution in [0.4, 0.5) is 5.69 Å². The number of rotatable bonds is 4. The summed E-state index contributed by atoms with van der Waals surface area (Å²) < 4.78 is 0. The Hall–Kier alpha value is -0.610. The maximum Gasteiger partial charge on any atom is 0.170 e. The van der Waals surface area contributed by atoms with Gasteiger partial charge in [-0.05, 0) is 36.5 Å². The van der Waals surface area contributed by atoms with Crippen LogP contribution in [0.2, 0.25) is 0 Å². The van der Waals surface area contributed by atoms with Gasteiger partial charge >= 0.3 is 0 Å². The predicted molar refractivity (Wildman–Crippen MR) is 68.2 cm³/mol. The molecule has 0 aliphatic rings. The highest BCUT2D eigenvalue weighted by Gasteiger charge is 2.00. The molecule has 4 heteroatoms. The molecule has 0 unspecified atom stereocenters. The van der Waals surface area contributed by atoms with Crippen LogP contribution in [0.5, 0.6) is 0 Å². The van der Waals surface area contributed by atoms with Crippen LogP contribution < -0.4 is 10.6 Å². The Kier molecular flexibility index (Phi) is 4.90. The van der Waals surface area contributed by atoms with Crippen molar-refractivity contribution in [2.75, 3.05) is 11.9 Å². The van der Waals surface area contributed by atoms with E-state index in [4.69, 9.17) is 12.2 Å². The molecule has 1 rings (SSSR count). The molecule has 0 aliphatic carbocycles. The molecule has 0 aromatic carbocycles. The third-order valence-corrected chi connectivity index (χ3v) is 3.03. The lowest BCUT2D eigenvalue weighted by atomic mass is 10.3. The highest BCUT2D eigenvalue weighted by Crippen LogP contribution is 2.18. The minimum absolute atomic E-state index is 0.722. The minimum atomic E-state index is 0.722. The number of hydrogen-bond acceptors (Lipinski definition) is 2. The molecule has 0 amide bonds. The Morgan fingerprint density at radius 1 is 1.50 bits per heavy atom. The molecule has 78 valence electrons. The van der Waals surface area contributed by atoms with E-state index >= 15 is 0 Å². The maximum absolute atomic E-state index is 5.16. The first-order chi connectivity index (χ1) is 6.74. The topological polar surface area (TPSA) is 24.1 Å². The average molecular weight is 228 g/mol.